The van der Waals surface area contributed by atoms with Crippen molar-refractivity contribution in [2.45, 2.75) is 44.7 Å². The lowest BCUT2D eigenvalue weighted by Gasteiger charge is -2.39. The highest BCUT2D eigenvalue weighted by molar-refractivity contribution is 7.89. The van der Waals surface area contributed by atoms with Gasteiger partial charge in [-0.05, 0) is 25.2 Å². The first-order valence-corrected chi connectivity index (χ1v) is 8.93. The molecule has 1 N–H and O–H groups in total. The van der Waals surface area contributed by atoms with Gasteiger partial charge in [0.05, 0.1) is 17.6 Å². The van der Waals surface area contributed by atoms with Gasteiger partial charge in [0.25, 0.3) is 0 Å². The molecule has 5 nitrogen and oxygen atoms in total. The maximum atomic E-state index is 12.2. The smallest absolute Gasteiger partial charge is 0.390 e. The van der Waals surface area contributed by atoms with Gasteiger partial charge in [-0.25, -0.2) is 12.7 Å². The number of carbonyl (C=O) groups is 1. The van der Waals surface area contributed by atoms with Crippen molar-refractivity contribution < 1.29 is 31.5 Å². The van der Waals surface area contributed by atoms with Crippen LogP contribution in [-0.2, 0) is 14.8 Å². The minimum atomic E-state index is -4.54. The van der Waals surface area contributed by atoms with E-state index in [1.807, 2.05) is 0 Å². The fraction of sp³-hybridized carbons (Fsp3) is 0.923. The summed E-state index contributed by atoms with van der Waals surface area (Å²) in [5.41, 5.74) is -1.15. The predicted octanol–water partition coefficient (Wildman–Crippen LogP) is 2.24. The normalized spacial score (nSPS) is 27.8. The number of hydrogen-bond donors (Lipinski definition) is 1. The number of alkyl halides is 3. The molecule has 2 fully saturated rings. The van der Waals surface area contributed by atoms with Crippen molar-refractivity contribution in [1.29, 1.82) is 0 Å². The molecule has 2 rings (SSSR count). The van der Waals surface area contributed by atoms with Gasteiger partial charge < -0.3 is 5.11 Å². The predicted molar refractivity (Wildman–Crippen MR) is 72.7 cm³/mol. The number of rotatable bonds is 6. The number of hydrogen-bond acceptors (Lipinski definition) is 3. The summed E-state index contributed by atoms with van der Waals surface area (Å²) in [4.78, 5) is 11.6. The zero-order chi connectivity index (χ0) is 16.6. The fourth-order valence-corrected chi connectivity index (χ4v) is 4.60. The summed E-state index contributed by atoms with van der Waals surface area (Å²) in [6.07, 6.45) is -2.91. The molecule has 1 heterocycles. The monoisotopic (exact) mass is 343 g/mol. The molecule has 1 aliphatic carbocycles. The Hall–Kier alpha value is -0.830. The average Bonchev–Trinajstić information content (AvgIpc) is 3.20. The molecule has 0 radical (unpaired) electrons. The molecule has 0 bridgehead atoms. The third kappa shape index (κ3) is 4.34. The van der Waals surface area contributed by atoms with Crippen molar-refractivity contribution >= 4 is 16.0 Å². The lowest BCUT2D eigenvalue weighted by Crippen LogP contribution is -2.50. The topological polar surface area (TPSA) is 74.7 Å². The second kappa shape index (κ2) is 5.99. The Morgan fingerprint density at radius 2 is 1.95 bits per heavy atom. The van der Waals surface area contributed by atoms with Crippen LogP contribution in [-0.4, -0.2) is 48.8 Å². The number of piperidine rings is 1. The summed E-state index contributed by atoms with van der Waals surface area (Å²) >= 11 is 0. The van der Waals surface area contributed by atoms with E-state index >= 15 is 0 Å². The van der Waals surface area contributed by atoms with Gasteiger partial charge in [0.1, 0.15) is 0 Å². The van der Waals surface area contributed by atoms with Crippen LogP contribution in [0, 0.1) is 11.3 Å². The molecule has 1 saturated heterocycles. The molecule has 0 aromatic heterocycles. The Balaban J connectivity index is 2.09. The van der Waals surface area contributed by atoms with Gasteiger partial charge in [-0.3, -0.25) is 4.79 Å². The van der Waals surface area contributed by atoms with E-state index in [9.17, 15) is 31.5 Å². The summed E-state index contributed by atoms with van der Waals surface area (Å²) in [5.74, 6) is -1.76. The molecule has 1 aliphatic heterocycles. The second-order valence-corrected chi connectivity index (χ2v) is 8.44. The lowest BCUT2D eigenvalue weighted by atomic mass is 9.76. The van der Waals surface area contributed by atoms with Gasteiger partial charge in [-0.2, -0.15) is 13.2 Å². The summed E-state index contributed by atoms with van der Waals surface area (Å²) in [6.45, 7) is -0.112. The molecule has 1 atom stereocenters. The first-order valence-electron chi connectivity index (χ1n) is 7.32. The van der Waals surface area contributed by atoms with E-state index in [4.69, 9.17) is 0 Å². The lowest BCUT2D eigenvalue weighted by molar-refractivity contribution is -0.152. The largest absolute Gasteiger partial charge is 0.481 e. The van der Waals surface area contributed by atoms with Crippen LogP contribution in [0.2, 0.25) is 0 Å². The Labute approximate surface area is 127 Å². The van der Waals surface area contributed by atoms with Gasteiger partial charge in [-0.15, -0.1) is 0 Å². The number of halogens is 3. The quantitative estimate of drug-likeness (QED) is 0.803. The highest BCUT2D eigenvalue weighted by Crippen LogP contribution is 2.45. The van der Waals surface area contributed by atoms with E-state index in [0.29, 0.717) is 25.2 Å². The van der Waals surface area contributed by atoms with E-state index in [1.54, 1.807) is 0 Å². The maximum Gasteiger partial charge on any atom is 0.390 e. The molecule has 0 aromatic rings. The highest BCUT2D eigenvalue weighted by atomic mass is 32.2. The average molecular weight is 343 g/mol. The van der Waals surface area contributed by atoms with Crippen LogP contribution in [0.1, 0.15) is 38.5 Å². The van der Waals surface area contributed by atoms with Crippen LogP contribution < -0.4 is 0 Å². The third-order valence-corrected chi connectivity index (χ3v) is 6.23. The molecule has 1 saturated carbocycles. The standard InChI is InChI=1S/C13H20F3NO4S/c14-13(15,16)5-7-22(20,21)17-6-1-4-12(9-17,11(18)19)8-10-2-3-10/h10H,1-9H2,(H,18,19). The van der Waals surface area contributed by atoms with E-state index in [0.717, 1.165) is 17.1 Å². The van der Waals surface area contributed by atoms with E-state index in [-0.39, 0.29) is 13.1 Å². The number of carboxylic acid groups (broad SMARTS) is 1. The minimum absolute atomic E-state index is 0.0971. The zero-order valence-electron chi connectivity index (χ0n) is 12.1. The molecule has 0 amide bonds. The SMILES string of the molecule is O=C(O)C1(CC2CC2)CCCN(S(=O)(=O)CCC(F)(F)F)C1. The van der Waals surface area contributed by atoms with Crippen molar-refractivity contribution in [1.82, 2.24) is 4.31 Å². The van der Waals surface area contributed by atoms with Crippen LogP contribution in [0.25, 0.3) is 0 Å². The number of nitrogens with zero attached hydrogens (tertiary/aromatic N) is 1. The molecule has 128 valence electrons. The van der Waals surface area contributed by atoms with Crippen LogP contribution in [0.3, 0.4) is 0 Å². The van der Waals surface area contributed by atoms with Crippen LogP contribution >= 0.6 is 0 Å². The first-order chi connectivity index (χ1) is 10.0. The van der Waals surface area contributed by atoms with Crippen molar-refractivity contribution in [3.63, 3.8) is 0 Å². The maximum absolute atomic E-state index is 12.2. The number of sulfonamides is 1. The Bertz CT molecular complexity index is 530. The second-order valence-electron chi connectivity index (χ2n) is 6.35. The van der Waals surface area contributed by atoms with Crippen LogP contribution in [0.15, 0.2) is 0 Å². The van der Waals surface area contributed by atoms with Gasteiger partial charge >= 0.3 is 12.1 Å². The third-order valence-electron chi connectivity index (χ3n) is 4.41. The Kier molecular flexibility index (Phi) is 4.77. The molecule has 9 heteroatoms. The van der Waals surface area contributed by atoms with E-state index in [2.05, 4.69) is 0 Å². The highest BCUT2D eigenvalue weighted by Gasteiger charge is 2.48. The van der Waals surface area contributed by atoms with Gasteiger partial charge in [0.15, 0.2) is 0 Å². The Morgan fingerprint density at radius 1 is 1.32 bits per heavy atom. The first kappa shape index (κ1) is 17.5. The zero-order valence-corrected chi connectivity index (χ0v) is 12.9. The summed E-state index contributed by atoms with van der Waals surface area (Å²) in [7, 11) is -4.09. The molecule has 0 spiro atoms. The van der Waals surface area contributed by atoms with Crippen LogP contribution in [0.5, 0.6) is 0 Å². The number of aliphatic carboxylic acids is 1. The fourth-order valence-electron chi connectivity index (χ4n) is 3.00. The van der Waals surface area contributed by atoms with Gasteiger partial charge in [0.2, 0.25) is 10.0 Å². The summed E-state index contributed by atoms with van der Waals surface area (Å²) in [5, 5.41) is 9.51. The molecular formula is C13H20F3NO4S. The summed E-state index contributed by atoms with van der Waals surface area (Å²) in [6, 6.07) is 0. The minimum Gasteiger partial charge on any atom is -0.481 e. The summed E-state index contributed by atoms with van der Waals surface area (Å²) < 4.78 is 61.8. The molecule has 0 aromatic carbocycles. The van der Waals surface area contributed by atoms with Crippen molar-refractivity contribution in [3.05, 3.63) is 0 Å². The molecule has 1 unspecified atom stereocenters. The van der Waals surface area contributed by atoms with E-state index < -0.39 is 39.8 Å². The van der Waals surface area contributed by atoms with Crippen LogP contribution in [0.4, 0.5) is 13.2 Å². The van der Waals surface area contributed by atoms with Crippen molar-refractivity contribution in [2.24, 2.45) is 11.3 Å². The van der Waals surface area contributed by atoms with Crippen molar-refractivity contribution in [3.8, 4) is 0 Å². The van der Waals surface area contributed by atoms with Crippen molar-refractivity contribution in [2.75, 3.05) is 18.8 Å². The molecule has 2 aliphatic rings. The Morgan fingerprint density at radius 3 is 2.45 bits per heavy atom. The number of carboxylic acids is 1. The van der Waals surface area contributed by atoms with Gasteiger partial charge in [-0.1, -0.05) is 12.8 Å². The molecule has 22 heavy (non-hydrogen) atoms. The molecular weight excluding hydrogens is 323 g/mol. The van der Waals surface area contributed by atoms with Gasteiger partial charge in [0, 0.05) is 13.1 Å². The van der Waals surface area contributed by atoms with E-state index in [1.165, 1.54) is 0 Å².